The highest BCUT2D eigenvalue weighted by Gasteiger charge is 2.42. The average molecular weight is 483 g/mol. The van der Waals surface area contributed by atoms with Gasteiger partial charge in [-0.05, 0) is 42.3 Å². The second-order valence-electron chi connectivity index (χ2n) is 8.83. The Balaban J connectivity index is 1.28. The van der Waals surface area contributed by atoms with E-state index in [9.17, 15) is 9.59 Å². The molecule has 0 amide bonds. The van der Waals surface area contributed by atoms with E-state index in [-0.39, 0.29) is 29.0 Å². The Bertz CT molecular complexity index is 1400. The van der Waals surface area contributed by atoms with Gasteiger partial charge in [0.15, 0.2) is 17.0 Å². The van der Waals surface area contributed by atoms with E-state index in [1.54, 1.807) is 0 Å². The van der Waals surface area contributed by atoms with Crippen molar-refractivity contribution in [2.24, 2.45) is 0 Å². The van der Waals surface area contributed by atoms with E-state index in [4.69, 9.17) is 16.1 Å². The van der Waals surface area contributed by atoms with Gasteiger partial charge < -0.3 is 9.51 Å². The van der Waals surface area contributed by atoms with Crippen molar-refractivity contribution in [3.8, 4) is 0 Å². The molecule has 1 fully saturated rings. The van der Waals surface area contributed by atoms with Crippen molar-refractivity contribution >= 4 is 22.8 Å². The van der Waals surface area contributed by atoms with Crippen molar-refractivity contribution in [3.05, 3.63) is 73.7 Å². The van der Waals surface area contributed by atoms with Gasteiger partial charge in [-0.1, -0.05) is 55.3 Å². The zero-order valence-corrected chi connectivity index (χ0v) is 19.8. The number of nitrogens with one attached hydrogen (secondary N) is 1. The molecule has 0 aliphatic heterocycles. The second-order valence-corrected chi connectivity index (χ2v) is 9.19. The highest BCUT2D eigenvalue weighted by atomic mass is 35.5. The van der Waals surface area contributed by atoms with Gasteiger partial charge in [0.25, 0.3) is 5.56 Å². The van der Waals surface area contributed by atoms with Gasteiger partial charge >= 0.3 is 5.69 Å². The minimum absolute atomic E-state index is 0.0979. The van der Waals surface area contributed by atoms with Gasteiger partial charge in [0.05, 0.1) is 0 Å². The van der Waals surface area contributed by atoms with Crippen LogP contribution in [0.3, 0.4) is 0 Å². The van der Waals surface area contributed by atoms with Crippen LogP contribution in [0.2, 0.25) is 5.28 Å². The monoisotopic (exact) mass is 482 g/mol. The SMILES string of the molecule is CCCCCn1c(=O)n(CCCc2nc([C@H]3C[C@@H]3c3ccccc3)no2)c(=O)c2[nH]c(Cl)nc21. The number of halogens is 1. The summed E-state index contributed by atoms with van der Waals surface area (Å²) < 4.78 is 8.23. The summed E-state index contributed by atoms with van der Waals surface area (Å²) in [5.41, 5.74) is 1.07. The number of hydrogen-bond donors (Lipinski definition) is 1. The Morgan fingerprint density at radius 3 is 2.65 bits per heavy atom. The van der Waals surface area contributed by atoms with E-state index in [2.05, 4.69) is 39.2 Å². The number of aryl methyl sites for hydroxylation is 2. The Morgan fingerprint density at radius 2 is 1.85 bits per heavy atom. The first kappa shape index (κ1) is 22.6. The van der Waals surface area contributed by atoms with Crippen molar-refractivity contribution in [2.45, 2.75) is 70.4 Å². The number of H-pyrrole nitrogens is 1. The van der Waals surface area contributed by atoms with E-state index >= 15 is 0 Å². The molecular formula is C24H27ClN6O3. The molecule has 2 atom stereocenters. The highest BCUT2D eigenvalue weighted by Crippen LogP contribution is 2.53. The fourth-order valence-corrected chi connectivity index (χ4v) is 4.69. The largest absolute Gasteiger partial charge is 0.339 e. The highest BCUT2D eigenvalue weighted by molar-refractivity contribution is 6.28. The van der Waals surface area contributed by atoms with E-state index < -0.39 is 5.56 Å². The molecule has 4 aromatic rings. The van der Waals surface area contributed by atoms with Crippen molar-refractivity contribution in [1.82, 2.24) is 29.2 Å². The van der Waals surface area contributed by atoms with Gasteiger partial charge in [-0.3, -0.25) is 13.9 Å². The van der Waals surface area contributed by atoms with Gasteiger partial charge in [-0.25, -0.2) is 4.79 Å². The molecule has 1 aliphatic carbocycles. The number of imidazole rings is 1. The van der Waals surface area contributed by atoms with Gasteiger partial charge in [0.2, 0.25) is 11.2 Å². The molecule has 1 N–H and O–H groups in total. The molecule has 0 saturated heterocycles. The Labute approximate surface area is 200 Å². The van der Waals surface area contributed by atoms with Crippen LogP contribution in [0.1, 0.15) is 68.1 Å². The third kappa shape index (κ3) is 4.44. The molecule has 5 rings (SSSR count). The van der Waals surface area contributed by atoms with Gasteiger partial charge in [-0.2, -0.15) is 9.97 Å². The van der Waals surface area contributed by atoms with E-state index in [1.165, 1.54) is 14.7 Å². The number of nitrogens with zero attached hydrogens (tertiary/aromatic N) is 5. The van der Waals surface area contributed by atoms with Crippen LogP contribution in [0, 0.1) is 0 Å². The minimum atomic E-state index is -0.416. The van der Waals surface area contributed by atoms with Crippen LogP contribution in [0.15, 0.2) is 44.4 Å². The lowest BCUT2D eigenvalue weighted by Crippen LogP contribution is -2.40. The standard InChI is InChI=1S/C24H27ClN6O3/c1-2-3-7-12-30-21-19(27-23(25)28-21)22(32)31(24(30)33)13-8-11-18-26-20(29-34-18)17-14-16(17)15-9-5-4-6-10-15/h4-6,9-10,16-17H,2-3,7-8,11-14H2,1H3,(H,27,28)/t16-,17+/m1/s1. The Kier molecular flexibility index (Phi) is 6.36. The summed E-state index contributed by atoms with van der Waals surface area (Å²) in [7, 11) is 0. The number of hydrogen-bond acceptors (Lipinski definition) is 6. The summed E-state index contributed by atoms with van der Waals surface area (Å²) in [4.78, 5) is 37.5. The lowest BCUT2D eigenvalue weighted by molar-refractivity contribution is 0.366. The summed E-state index contributed by atoms with van der Waals surface area (Å²) in [6, 6.07) is 10.4. The van der Waals surface area contributed by atoms with Crippen LogP contribution >= 0.6 is 11.6 Å². The Morgan fingerprint density at radius 1 is 1.06 bits per heavy atom. The third-order valence-electron chi connectivity index (χ3n) is 6.42. The van der Waals surface area contributed by atoms with Crippen LogP contribution < -0.4 is 11.2 Å². The lowest BCUT2D eigenvalue weighted by Gasteiger charge is -2.10. The van der Waals surface area contributed by atoms with Crippen molar-refractivity contribution in [3.63, 3.8) is 0 Å². The maximum atomic E-state index is 13.1. The first-order chi connectivity index (χ1) is 16.6. The molecule has 3 aromatic heterocycles. The summed E-state index contributed by atoms with van der Waals surface area (Å²) >= 11 is 6.00. The fourth-order valence-electron chi connectivity index (χ4n) is 4.51. The number of aromatic amines is 1. The first-order valence-electron chi connectivity index (χ1n) is 11.8. The van der Waals surface area contributed by atoms with E-state index in [1.807, 2.05) is 18.2 Å². The molecule has 10 heteroatoms. The first-order valence-corrected chi connectivity index (χ1v) is 12.2. The molecule has 0 spiro atoms. The van der Waals surface area contributed by atoms with Crippen LogP contribution in [-0.2, 0) is 19.5 Å². The number of benzene rings is 1. The van der Waals surface area contributed by atoms with E-state index in [0.29, 0.717) is 36.8 Å². The predicted octanol–water partition coefficient (Wildman–Crippen LogP) is 4.02. The summed E-state index contributed by atoms with van der Waals surface area (Å²) in [6.07, 6.45) is 4.85. The molecule has 0 radical (unpaired) electrons. The number of aromatic nitrogens is 6. The summed E-state index contributed by atoms with van der Waals surface area (Å²) in [5, 5.41) is 4.26. The van der Waals surface area contributed by atoms with Crippen molar-refractivity contribution in [2.75, 3.05) is 0 Å². The molecule has 9 nitrogen and oxygen atoms in total. The van der Waals surface area contributed by atoms with Gasteiger partial charge in [0, 0.05) is 25.4 Å². The fraction of sp³-hybridized carbons (Fsp3) is 0.458. The van der Waals surface area contributed by atoms with Crippen LogP contribution in [0.5, 0.6) is 0 Å². The number of fused-ring (bicyclic) bond motifs is 1. The zero-order chi connectivity index (χ0) is 23.7. The number of rotatable bonds is 10. The van der Waals surface area contributed by atoms with Crippen molar-refractivity contribution in [1.29, 1.82) is 0 Å². The molecule has 0 unspecified atom stereocenters. The predicted molar refractivity (Wildman–Crippen MR) is 128 cm³/mol. The normalized spacial score (nSPS) is 17.5. The maximum absolute atomic E-state index is 13.1. The molecule has 1 aromatic carbocycles. The molecule has 34 heavy (non-hydrogen) atoms. The zero-order valence-electron chi connectivity index (χ0n) is 19.0. The van der Waals surface area contributed by atoms with Gasteiger partial charge in [0.1, 0.15) is 0 Å². The topological polar surface area (TPSA) is 112 Å². The van der Waals surface area contributed by atoms with Gasteiger partial charge in [-0.15, -0.1) is 0 Å². The molecular weight excluding hydrogens is 456 g/mol. The lowest BCUT2D eigenvalue weighted by atomic mass is 10.1. The number of unbranched alkanes of at least 4 members (excludes halogenated alkanes) is 2. The average Bonchev–Trinajstić information content (AvgIpc) is 3.33. The van der Waals surface area contributed by atoms with Crippen molar-refractivity contribution < 1.29 is 4.52 Å². The van der Waals surface area contributed by atoms with E-state index in [0.717, 1.165) is 31.5 Å². The second kappa shape index (κ2) is 9.58. The van der Waals surface area contributed by atoms with Crippen LogP contribution in [0.4, 0.5) is 0 Å². The molecule has 1 aliphatic rings. The molecule has 178 valence electrons. The Hall–Kier alpha value is -3.20. The van der Waals surface area contributed by atoms with Crippen LogP contribution in [0.25, 0.3) is 11.2 Å². The minimum Gasteiger partial charge on any atom is -0.339 e. The van der Waals surface area contributed by atoms with Crippen LogP contribution in [-0.4, -0.2) is 29.2 Å². The quantitative estimate of drug-likeness (QED) is 0.270. The maximum Gasteiger partial charge on any atom is 0.332 e. The molecule has 3 heterocycles. The smallest absolute Gasteiger partial charge is 0.332 e. The summed E-state index contributed by atoms with van der Waals surface area (Å²) in [6.45, 7) is 2.83. The molecule has 1 saturated carbocycles. The summed E-state index contributed by atoms with van der Waals surface area (Å²) in [5.74, 6) is 1.97. The third-order valence-corrected chi connectivity index (χ3v) is 6.60. The molecule has 0 bridgehead atoms.